The molecule has 0 radical (unpaired) electrons. The molecule has 0 aromatic heterocycles. The second-order valence-corrected chi connectivity index (χ2v) is 5.70. The highest BCUT2D eigenvalue weighted by molar-refractivity contribution is 5.88. The molecule has 1 aliphatic carbocycles. The van der Waals surface area contributed by atoms with Gasteiger partial charge in [-0.2, -0.15) is 0 Å². The zero-order valence-electron chi connectivity index (χ0n) is 10.9. The van der Waals surface area contributed by atoms with E-state index in [1.807, 2.05) is 6.92 Å². The Morgan fingerprint density at radius 3 is 2.25 bits per heavy atom. The monoisotopic (exact) mass is 226 g/mol. The summed E-state index contributed by atoms with van der Waals surface area (Å²) in [5.41, 5.74) is -0.383. The van der Waals surface area contributed by atoms with E-state index in [2.05, 4.69) is 20.8 Å². The highest BCUT2D eigenvalue weighted by atomic mass is 16.5. The summed E-state index contributed by atoms with van der Waals surface area (Å²) in [6, 6.07) is 0. The molecule has 1 saturated carbocycles. The van der Waals surface area contributed by atoms with Gasteiger partial charge < -0.3 is 4.74 Å². The van der Waals surface area contributed by atoms with Crippen molar-refractivity contribution in [2.75, 3.05) is 6.61 Å². The SMILES string of the molecule is CC(=O)OCC(=O)[C@@]1(C)CC[C@H](C)C1(C)C. The van der Waals surface area contributed by atoms with Crippen LogP contribution in [0.15, 0.2) is 0 Å². The number of ketones is 1. The largest absolute Gasteiger partial charge is 0.458 e. The van der Waals surface area contributed by atoms with Crippen molar-refractivity contribution in [2.24, 2.45) is 16.7 Å². The maximum absolute atomic E-state index is 12.2. The first-order valence-electron chi connectivity index (χ1n) is 5.88. The van der Waals surface area contributed by atoms with E-state index in [1.165, 1.54) is 6.92 Å². The molecular formula is C13H22O3. The Kier molecular flexibility index (Phi) is 3.46. The third-order valence-corrected chi connectivity index (χ3v) is 4.75. The Hall–Kier alpha value is -0.860. The Labute approximate surface area is 97.5 Å². The topological polar surface area (TPSA) is 43.4 Å². The first-order chi connectivity index (χ1) is 7.22. The van der Waals surface area contributed by atoms with Crippen molar-refractivity contribution >= 4 is 11.8 Å². The lowest BCUT2D eigenvalue weighted by Gasteiger charge is -2.39. The lowest BCUT2D eigenvalue weighted by molar-refractivity contribution is -0.151. The second-order valence-electron chi connectivity index (χ2n) is 5.70. The number of carbonyl (C=O) groups is 2. The van der Waals surface area contributed by atoms with Crippen LogP contribution in [0.1, 0.15) is 47.5 Å². The zero-order valence-corrected chi connectivity index (χ0v) is 10.9. The fraction of sp³-hybridized carbons (Fsp3) is 0.846. The van der Waals surface area contributed by atoms with Crippen LogP contribution in [0.25, 0.3) is 0 Å². The lowest BCUT2D eigenvalue weighted by Crippen LogP contribution is -2.42. The average Bonchev–Trinajstić information content (AvgIpc) is 2.39. The van der Waals surface area contributed by atoms with E-state index in [1.54, 1.807) is 0 Å². The summed E-state index contributed by atoms with van der Waals surface area (Å²) in [6.45, 7) is 9.71. The van der Waals surface area contributed by atoms with Gasteiger partial charge in [0.25, 0.3) is 0 Å². The van der Waals surface area contributed by atoms with Crippen molar-refractivity contribution in [3.63, 3.8) is 0 Å². The van der Waals surface area contributed by atoms with Gasteiger partial charge >= 0.3 is 5.97 Å². The van der Waals surface area contributed by atoms with E-state index >= 15 is 0 Å². The molecule has 1 rings (SSSR count). The second kappa shape index (κ2) is 4.19. The van der Waals surface area contributed by atoms with Crippen molar-refractivity contribution in [1.82, 2.24) is 0 Å². The number of ether oxygens (including phenoxy) is 1. The van der Waals surface area contributed by atoms with Gasteiger partial charge in [0.05, 0.1) is 0 Å². The van der Waals surface area contributed by atoms with Crippen LogP contribution in [0, 0.1) is 16.7 Å². The quantitative estimate of drug-likeness (QED) is 0.695. The Bertz CT molecular complexity index is 306. The van der Waals surface area contributed by atoms with Gasteiger partial charge in [0.15, 0.2) is 12.4 Å². The summed E-state index contributed by atoms with van der Waals surface area (Å²) in [7, 11) is 0. The van der Waals surface area contributed by atoms with Crippen molar-refractivity contribution in [1.29, 1.82) is 0 Å². The number of hydrogen-bond acceptors (Lipinski definition) is 3. The molecule has 1 aliphatic rings. The van der Waals surface area contributed by atoms with E-state index in [0.717, 1.165) is 12.8 Å². The maximum atomic E-state index is 12.2. The summed E-state index contributed by atoms with van der Waals surface area (Å²) < 4.78 is 4.82. The molecule has 3 nitrogen and oxygen atoms in total. The predicted molar refractivity (Wildman–Crippen MR) is 61.9 cm³/mol. The Balaban J connectivity index is 2.78. The molecule has 16 heavy (non-hydrogen) atoms. The highest BCUT2D eigenvalue weighted by Crippen LogP contribution is 2.56. The summed E-state index contributed by atoms with van der Waals surface area (Å²) in [5.74, 6) is 0.191. The van der Waals surface area contributed by atoms with Crippen LogP contribution in [0.3, 0.4) is 0 Å². The molecule has 0 N–H and O–H groups in total. The minimum absolute atomic E-state index is 0.0236. The van der Waals surface area contributed by atoms with E-state index in [4.69, 9.17) is 4.74 Å². The normalized spacial score (nSPS) is 32.4. The first kappa shape index (κ1) is 13.2. The van der Waals surface area contributed by atoms with Gasteiger partial charge in [-0.3, -0.25) is 9.59 Å². The average molecular weight is 226 g/mol. The predicted octanol–water partition coefficient (Wildman–Crippen LogP) is 2.58. The van der Waals surface area contributed by atoms with Crippen LogP contribution in [0.2, 0.25) is 0 Å². The van der Waals surface area contributed by atoms with E-state index in [0.29, 0.717) is 5.92 Å². The molecule has 0 aliphatic heterocycles. The molecule has 0 bridgehead atoms. The Morgan fingerprint density at radius 2 is 1.88 bits per heavy atom. The smallest absolute Gasteiger partial charge is 0.303 e. The first-order valence-corrected chi connectivity index (χ1v) is 5.88. The number of esters is 1. The fourth-order valence-corrected chi connectivity index (χ4v) is 2.56. The molecule has 0 spiro atoms. The number of Topliss-reactive ketones (excluding diaryl/α,β-unsaturated/α-hetero) is 1. The molecule has 3 heteroatoms. The van der Waals surface area contributed by atoms with E-state index in [9.17, 15) is 9.59 Å². The molecule has 0 aromatic rings. The molecule has 0 heterocycles. The lowest BCUT2D eigenvalue weighted by atomic mass is 9.64. The molecule has 92 valence electrons. The van der Waals surface area contributed by atoms with Crippen molar-refractivity contribution in [3.05, 3.63) is 0 Å². The van der Waals surface area contributed by atoms with Gasteiger partial charge in [-0.1, -0.05) is 27.7 Å². The van der Waals surface area contributed by atoms with Crippen molar-refractivity contribution in [3.8, 4) is 0 Å². The van der Waals surface area contributed by atoms with Crippen molar-refractivity contribution in [2.45, 2.75) is 47.5 Å². The van der Waals surface area contributed by atoms with Crippen LogP contribution in [0.4, 0.5) is 0 Å². The van der Waals surface area contributed by atoms with Crippen LogP contribution >= 0.6 is 0 Å². The molecule has 0 aromatic carbocycles. The summed E-state index contributed by atoms with van der Waals surface area (Å²) in [5, 5.41) is 0. The number of carbonyl (C=O) groups excluding carboxylic acids is 2. The molecule has 2 atom stereocenters. The number of rotatable bonds is 3. The molecule has 0 amide bonds. The highest BCUT2D eigenvalue weighted by Gasteiger charge is 2.53. The van der Waals surface area contributed by atoms with Gasteiger partial charge in [0.1, 0.15) is 0 Å². The summed E-state index contributed by atoms with van der Waals surface area (Å²) in [6.07, 6.45) is 1.95. The Morgan fingerprint density at radius 1 is 1.31 bits per heavy atom. The van der Waals surface area contributed by atoms with Crippen LogP contribution in [0.5, 0.6) is 0 Å². The molecule has 0 unspecified atom stereocenters. The van der Waals surface area contributed by atoms with Crippen LogP contribution < -0.4 is 0 Å². The minimum Gasteiger partial charge on any atom is -0.458 e. The molecule has 1 fully saturated rings. The van der Waals surface area contributed by atoms with Crippen molar-refractivity contribution < 1.29 is 14.3 Å². The zero-order chi connectivity index (χ0) is 12.6. The van der Waals surface area contributed by atoms with E-state index in [-0.39, 0.29) is 29.2 Å². The molecule has 0 saturated heterocycles. The molecular weight excluding hydrogens is 204 g/mol. The van der Waals surface area contributed by atoms with E-state index < -0.39 is 0 Å². The maximum Gasteiger partial charge on any atom is 0.303 e. The van der Waals surface area contributed by atoms with Crippen LogP contribution in [-0.2, 0) is 14.3 Å². The minimum atomic E-state index is -0.388. The van der Waals surface area contributed by atoms with Crippen LogP contribution in [-0.4, -0.2) is 18.4 Å². The summed E-state index contributed by atoms with van der Waals surface area (Å²) >= 11 is 0. The fourth-order valence-electron chi connectivity index (χ4n) is 2.56. The summed E-state index contributed by atoms with van der Waals surface area (Å²) in [4.78, 5) is 22.9. The number of hydrogen-bond donors (Lipinski definition) is 0. The van der Waals surface area contributed by atoms with Gasteiger partial charge in [-0.25, -0.2) is 0 Å². The standard InChI is InChI=1S/C13H22O3/c1-9-6-7-13(5,12(9,3)4)11(15)8-16-10(2)14/h9H,6-8H2,1-5H3/t9-,13+/m0/s1. The third-order valence-electron chi connectivity index (χ3n) is 4.75. The van der Waals surface area contributed by atoms with Gasteiger partial charge in [0, 0.05) is 12.3 Å². The van der Waals surface area contributed by atoms with Gasteiger partial charge in [-0.15, -0.1) is 0 Å². The third kappa shape index (κ3) is 2.00. The van der Waals surface area contributed by atoms with Gasteiger partial charge in [-0.05, 0) is 24.2 Å². The van der Waals surface area contributed by atoms with Gasteiger partial charge in [0.2, 0.25) is 0 Å².